The van der Waals surface area contributed by atoms with Gasteiger partial charge in [-0.2, -0.15) is 0 Å². The van der Waals surface area contributed by atoms with Gasteiger partial charge in [-0.15, -0.1) is 0 Å². The van der Waals surface area contributed by atoms with E-state index < -0.39 is 0 Å². The predicted octanol–water partition coefficient (Wildman–Crippen LogP) is 1.08. The van der Waals surface area contributed by atoms with Gasteiger partial charge in [0.05, 0.1) is 0 Å². The maximum atomic E-state index is 5.79. The minimum Gasteiger partial charge on any atom is -0.383 e. The molecular formula is C10H13N5. The lowest BCUT2D eigenvalue weighted by Gasteiger charge is -2.07. The van der Waals surface area contributed by atoms with E-state index in [4.69, 9.17) is 5.73 Å². The summed E-state index contributed by atoms with van der Waals surface area (Å²) >= 11 is 0. The molecule has 78 valence electrons. The molecule has 0 aliphatic rings. The van der Waals surface area contributed by atoms with E-state index in [2.05, 4.69) is 15.0 Å². The molecule has 0 radical (unpaired) electrons. The summed E-state index contributed by atoms with van der Waals surface area (Å²) < 4.78 is 1.91. The first kappa shape index (κ1) is 9.64. The van der Waals surface area contributed by atoms with Gasteiger partial charge >= 0.3 is 0 Å². The van der Waals surface area contributed by atoms with Crippen molar-refractivity contribution in [3.05, 3.63) is 23.8 Å². The quantitative estimate of drug-likeness (QED) is 0.752. The van der Waals surface area contributed by atoms with E-state index in [1.54, 1.807) is 6.20 Å². The van der Waals surface area contributed by atoms with Gasteiger partial charge in [0, 0.05) is 25.0 Å². The van der Waals surface area contributed by atoms with Crippen molar-refractivity contribution in [2.24, 2.45) is 7.05 Å². The zero-order valence-corrected chi connectivity index (χ0v) is 9.02. The summed E-state index contributed by atoms with van der Waals surface area (Å²) in [5, 5.41) is 0. The Balaban J connectivity index is 2.68. The number of nitrogens with two attached hydrogens (primary N) is 1. The van der Waals surface area contributed by atoms with Crippen LogP contribution in [0, 0.1) is 13.8 Å². The molecule has 5 nitrogen and oxygen atoms in total. The molecule has 0 aromatic carbocycles. The van der Waals surface area contributed by atoms with Gasteiger partial charge in [-0.25, -0.2) is 15.0 Å². The largest absolute Gasteiger partial charge is 0.383 e. The van der Waals surface area contributed by atoms with Crippen molar-refractivity contribution in [3.8, 4) is 11.5 Å². The minimum absolute atomic E-state index is 0.514. The number of hydrogen-bond donors (Lipinski definition) is 1. The first-order valence-corrected chi connectivity index (χ1v) is 4.68. The van der Waals surface area contributed by atoms with Gasteiger partial charge in [0.1, 0.15) is 17.3 Å². The van der Waals surface area contributed by atoms with Crippen LogP contribution in [0.3, 0.4) is 0 Å². The Morgan fingerprint density at radius 1 is 1.27 bits per heavy atom. The van der Waals surface area contributed by atoms with E-state index in [0.717, 1.165) is 17.1 Å². The lowest BCUT2D eigenvalue weighted by Crippen LogP contribution is -2.04. The molecule has 0 fully saturated rings. The van der Waals surface area contributed by atoms with Gasteiger partial charge in [-0.05, 0) is 13.8 Å². The molecule has 0 amide bonds. The first-order valence-electron chi connectivity index (χ1n) is 4.68. The van der Waals surface area contributed by atoms with Crippen LogP contribution < -0.4 is 5.73 Å². The molecule has 2 heterocycles. The molecule has 2 rings (SSSR count). The summed E-state index contributed by atoms with van der Waals surface area (Å²) in [4.78, 5) is 12.7. The van der Waals surface area contributed by atoms with Crippen LogP contribution in [0.2, 0.25) is 0 Å². The van der Waals surface area contributed by atoms with E-state index >= 15 is 0 Å². The third kappa shape index (κ3) is 1.56. The molecule has 2 N–H and O–H groups in total. The second kappa shape index (κ2) is 3.34. The summed E-state index contributed by atoms with van der Waals surface area (Å²) in [5.74, 6) is 1.99. The van der Waals surface area contributed by atoms with Crippen molar-refractivity contribution in [2.75, 3.05) is 5.73 Å². The van der Waals surface area contributed by atoms with Crippen LogP contribution in [0.25, 0.3) is 11.5 Å². The van der Waals surface area contributed by atoms with E-state index in [0.29, 0.717) is 11.6 Å². The van der Waals surface area contributed by atoms with Gasteiger partial charge in [-0.3, -0.25) is 0 Å². The average molecular weight is 203 g/mol. The summed E-state index contributed by atoms with van der Waals surface area (Å²) in [6, 6.07) is 0. The fraction of sp³-hybridized carbons (Fsp3) is 0.300. The third-order valence-electron chi connectivity index (χ3n) is 2.33. The maximum absolute atomic E-state index is 5.79. The van der Waals surface area contributed by atoms with Gasteiger partial charge < -0.3 is 10.3 Å². The van der Waals surface area contributed by atoms with E-state index in [-0.39, 0.29) is 0 Å². The Hall–Kier alpha value is -1.91. The second-order valence-corrected chi connectivity index (χ2v) is 3.49. The van der Waals surface area contributed by atoms with Crippen LogP contribution in [0.15, 0.2) is 12.4 Å². The van der Waals surface area contributed by atoms with E-state index in [1.807, 2.05) is 31.7 Å². The number of imidazole rings is 1. The third-order valence-corrected chi connectivity index (χ3v) is 2.33. The molecular weight excluding hydrogens is 190 g/mol. The average Bonchev–Trinajstić information content (AvgIpc) is 2.58. The topological polar surface area (TPSA) is 69.6 Å². The molecule has 0 spiro atoms. The Morgan fingerprint density at radius 2 is 2.00 bits per heavy atom. The van der Waals surface area contributed by atoms with Gasteiger partial charge in [0.2, 0.25) is 0 Å². The van der Waals surface area contributed by atoms with Crippen molar-refractivity contribution in [3.63, 3.8) is 0 Å². The summed E-state index contributed by atoms with van der Waals surface area (Å²) in [5.41, 5.74) is 7.46. The van der Waals surface area contributed by atoms with Gasteiger partial charge in [-0.1, -0.05) is 0 Å². The molecule has 5 heteroatoms. The normalized spacial score (nSPS) is 10.6. The zero-order valence-electron chi connectivity index (χ0n) is 9.02. The summed E-state index contributed by atoms with van der Waals surface area (Å²) in [6.07, 6.45) is 3.62. The number of rotatable bonds is 1. The highest BCUT2D eigenvalue weighted by Gasteiger charge is 2.12. The van der Waals surface area contributed by atoms with Gasteiger partial charge in [0.15, 0.2) is 5.82 Å². The number of hydrogen-bond acceptors (Lipinski definition) is 4. The van der Waals surface area contributed by atoms with E-state index in [9.17, 15) is 0 Å². The molecule has 0 bridgehead atoms. The van der Waals surface area contributed by atoms with Crippen LogP contribution in [-0.2, 0) is 7.05 Å². The second-order valence-electron chi connectivity index (χ2n) is 3.49. The predicted molar refractivity (Wildman–Crippen MR) is 58.1 cm³/mol. The lowest BCUT2D eigenvalue weighted by molar-refractivity contribution is 0.907. The monoisotopic (exact) mass is 203 g/mol. The number of nitrogen functional groups attached to an aromatic ring is 1. The highest BCUT2D eigenvalue weighted by molar-refractivity contribution is 5.61. The lowest BCUT2D eigenvalue weighted by atomic mass is 10.2. The Kier molecular flexibility index (Phi) is 2.15. The standard InChI is InChI=1S/C10H13N5/c1-6-8(10-12-4-5-15(10)3)13-7(2)14-9(6)11/h4-5H,1-3H3,(H2,11,13,14). The Labute approximate surface area is 88.0 Å². The summed E-state index contributed by atoms with van der Waals surface area (Å²) in [7, 11) is 1.93. The van der Waals surface area contributed by atoms with Crippen molar-refractivity contribution >= 4 is 5.82 Å². The molecule has 2 aromatic heterocycles. The van der Waals surface area contributed by atoms with Crippen LogP contribution >= 0.6 is 0 Å². The number of anilines is 1. The molecule has 0 unspecified atom stereocenters. The van der Waals surface area contributed by atoms with Crippen LogP contribution in [0.1, 0.15) is 11.4 Å². The molecule has 15 heavy (non-hydrogen) atoms. The fourth-order valence-electron chi connectivity index (χ4n) is 1.46. The smallest absolute Gasteiger partial charge is 0.158 e. The van der Waals surface area contributed by atoms with Gasteiger partial charge in [0.25, 0.3) is 0 Å². The number of aryl methyl sites for hydroxylation is 2. The molecule has 0 aliphatic carbocycles. The first-order chi connectivity index (χ1) is 7.09. The highest BCUT2D eigenvalue weighted by atomic mass is 15.1. The highest BCUT2D eigenvalue weighted by Crippen LogP contribution is 2.21. The maximum Gasteiger partial charge on any atom is 0.158 e. The van der Waals surface area contributed by atoms with Crippen LogP contribution in [0.4, 0.5) is 5.82 Å². The fourth-order valence-corrected chi connectivity index (χ4v) is 1.46. The SMILES string of the molecule is Cc1nc(N)c(C)c(-c2nccn2C)n1. The molecule has 0 atom stereocenters. The van der Waals surface area contributed by atoms with Crippen LogP contribution in [0.5, 0.6) is 0 Å². The molecule has 2 aromatic rings. The Morgan fingerprint density at radius 3 is 2.60 bits per heavy atom. The van der Waals surface area contributed by atoms with Crippen LogP contribution in [-0.4, -0.2) is 19.5 Å². The molecule has 0 aliphatic heterocycles. The van der Waals surface area contributed by atoms with Crippen molar-refractivity contribution in [2.45, 2.75) is 13.8 Å². The van der Waals surface area contributed by atoms with E-state index in [1.165, 1.54) is 0 Å². The minimum atomic E-state index is 0.514. The van der Waals surface area contributed by atoms with Crippen molar-refractivity contribution < 1.29 is 0 Å². The van der Waals surface area contributed by atoms with Crippen molar-refractivity contribution in [1.82, 2.24) is 19.5 Å². The zero-order chi connectivity index (χ0) is 11.0. The summed E-state index contributed by atoms with van der Waals surface area (Å²) in [6.45, 7) is 3.72. The Bertz CT molecular complexity index is 501. The molecule has 0 saturated heterocycles. The van der Waals surface area contributed by atoms with Crippen molar-refractivity contribution in [1.29, 1.82) is 0 Å². The number of aromatic nitrogens is 4. The molecule has 0 saturated carbocycles. The number of nitrogens with zero attached hydrogens (tertiary/aromatic N) is 4.